The lowest BCUT2D eigenvalue weighted by Gasteiger charge is -2.19. The number of halogens is 1. The number of alkyl halides is 1. The van der Waals surface area contributed by atoms with Gasteiger partial charge in [-0.2, -0.15) is 0 Å². The van der Waals surface area contributed by atoms with Crippen LogP contribution < -0.4 is 5.32 Å². The Labute approximate surface area is 77.3 Å². The van der Waals surface area contributed by atoms with Crippen LogP contribution >= 0.6 is 0 Å². The molecule has 2 atom stereocenters. The van der Waals surface area contributed by atoms with Gasteiger partial charge in [0, 0.05) is 6.54 Å². The van der Waals surface area contributed by atoms with Gasteiger partial charge in [0.1, 0.15) is 6.17 Å². The molecule has 0 radical (unpaired) electrons. The summed E-state index contributed by atoms with van der Waals surface area (Å²) in [5.74, 6) is 0.0950. The number of carbonyl (C=O) groups excluding carboxylic acids is 1. The van der Waals surface area contributed by atoms with Crippen LogP contribution in [0.2, 0.25) is 0 Å². The number of hydrogen-bond acceptors (Lipinski definition) is 2. The Bertz CT molecular complexity index is 204. The van der Waals surface area contributed by atoms with Gasteiger partial charge < -0.3 is 10.2 Å². The second-order valence-electron chi connectivity index (χ2n) is 3.82. The molecule has 0 aromatic rings. The molecular weight excluding hydrogens is 171 g/mol. The van der Waals surface area contributed by atoms with E-state index < -0.39 is 6.17 Å². The summed E-state index contributed by atoms with van der Waals surface area (Å²) in [7, 11) is 0. The van der Waals surface area contributed by atoms with Gasteiger partial charge in [0.05, 0.1) is 12.6 Å². The van der Waals surface area contributed by atoms with Crippen molar-refractivity contribution in [2.45, 2.75) is 31.5 Å². The standard InChI is InChI=1S/C9H15FN2O/c10-7-3-5-12(6-7)9(13)8-2-1-4-11-8/h7-8,11H,1-6H2/t7-,8+/m1/s1. The predicted molar refractivity (Wildman–Crippen MR) is 47.1 cm³/mol. The third-order valence-corrected chi connectivity index (χ3v) is 2.80. The van der Waals surface area contributed by atoms with E-state index in [9.17, 15) is 9.18 Å². The average Bonchev–Trinajstić information content (AvgIpc) is 2.72. The molecule has 1 amide bonds. The molecule has 1 N–H and O–H groups in total. The quantitative estimate of drug-likeness (QED) is 0.639. The second-order valence-corrected chi connectivity index (χ2v) is 3.82. The lowest BCUT2D eigenvalue weighted by Crippen LogP contribution is -2.42. The summed E-state index contributed by atoms with van der Waals surface area (Å²) in [6.45, 7) is 1.82. The molecule has 2 heterocycles. The van der Waals surface area contributed by atoms with E-state index >= 15 is 0 Å². The van der Waals surface area contributed by atoms with Crippen LogP contribution in [0.1, 0.15) is 19.3 Å². The molecule has 2 aliphatic rings. The van der Waals surface area contributed by atoms with E-state index in [1.165, 1.54) is 0 Å². The van der Waals surface area contributed by atoms with Crippen LogP contribution in [-0.2, 0) is 4.79 Å². The fraction of sp³-hybridized carbons (Fsp3) is 0.889. The van der Waals surface area contributed by atoms with Crippen LogP contribution in [0, 0.1) is 0 Å². The summed E-state index contributed by atoms with van der Waals surface area (Å²) in [5, 5.41) is 3.13. The molecule has 2 rings (SSSR count). The highest BCUT2D eigenvalue weighted by Gasteiger charge is 2.31. The minimum absolute atomic E-state index is 0.0368. The number of hydrogen-bond donors (Lipinski definition) is 1. The number of nitrogens with one attached hydrogen (secondary N) is 1. The SMILES string of the molecule is O=C([C@@H]1CCCN1)N1CC[C@@H](F)C1. The maximum Gasteiger partial charge on any atom is 0.239 e. The monoisotopic (exact) mass is 186 g/mol. The minimum Gasteiger partial charge on any atom is -0.338 e. The maximum atomic E-state index is 12.8. The Kier molecular flexibility index (Phi) is 2.49. The summed E-state index contributed by atoms with van der Waals surface area (Å²) in [6, 6.07) is -0.0368. The predicted octanol–water partition coefficient (Wildman–Crippen LogP) is 0.309. The molecule has 2 saturated heterocycles. The van der Waals surface area contributed by atoms with E-state index in [0.717, 1.165) is 19.4 Å². The number of nitrogens with zero attached hydrogens (tertiary/aromatic N) is 1. The molecule has 0 aliphatic carbocycles. The van der Waals surface area contributed by atoms with E-state index in [-0.39, 0.29) is 11.9 Å². The van der Waals surface area contributed by atoms with Gasteiger partial charge in [-0.25, -0.2) is 4.39 Å². The zero-order valence-corrected chi connectivity index (χ0v) is 7.63. The van der Waals surface area contributed by atoms with Crippen molar-refractivity contribution in [1.82, 2.24) is 10.2 Å². The molecule has 0 unspecified atom stereocenters. The first-order valence-electron chi connectivity index (χ1n) is 4.93. The van der Waals surface area contributed by atoms with Crippen molar-refractivity contribution >= 4 is 5.91 Å². The fourth-order valence-electron chi connectivity index (χ4n) is 2.03. The highest BCUT2D eigenvalue weighted by atomic mass is 19.1. The van der Waals surface area contributed by atoms with Gasteiger partial charge in [-0.3, -0.25) is 4.79 Å². The van der Waals surface area contributed by atoms with Gasteiger partial charge in [-0.15, -0.1) is 0 Å². The lowest BCUT2D eigenvalue weighted by molar-refractivity contribution is -0.132. The van der Waals surface area contributed by atoms with Crippen LogP contribution in [0.4, 0.5) is 4.39 Å². The summed E-state index contributed by atoms with van der Waals surface area (Å²) >= 11 is 0. The van der Waals surface area contributed by atoms with Gasteiger partial charge in [0.2, 0.25) is 5.91 Å². The molecule has 2 fully saturated rings. The van der Waals surface area contributed by atoms with Crippen molar-refractivity contribution in [3.05, 3.63) is 0 Å². The Morgan fingerprint density at radius 3 is 2.85 bits per heavy atom. The van der Waals surface area contributed by atoms with Crippen molar-refractivity contribution < 1.29 is 9.18 Å². The molecule has 3 nitrogen and oxygen atoms in total. The Morgan fingerprint density at radius 1 is 1.46 bits per heavy atom. The molecule has 13 heavy (non-hydrogen) atoms. The van der Waals surface area contributed by atoms with E-state index in [1.807, 2.05) is 0 Å². The Hall–Kier alpha value is -0.640. The molecule has 0 saturated carbocycles. The number of carbonyl (C=O) groups is 1. The summed E-state index contributed by atoms with van der Waals surface area (Å²) in [4.78, 5) is 13.3. The molecule has 0 aromatic carbocycles. The average molecular weight is 186 g/mol. The van der Waals surface area contributed by atoms with Gasteiger partial charge in [0.25, 0.3) is 0 Å². The first-order valence-corrected chi connectivity index (χ1v) is 4.93. The van der Waals surface area contributed by atoms with Gasteiger partial charge >= 0.3 is 0 Å². The van der Waals surface area contributed by atoms with Crippen molar-refractivity contribution in [3.8, 4) is 0 Å². The highest BCUT2D eigenvalue weighted by molar-refractivity contribution is 5.82. The van der Waals surface area contributed by atoms with Gasteiger partial charge in [-0.05, 0) is 25.8 Å². The molecule has 0 spiro atoms. The number of likely N-dealkylation sites (tertiary alicyclic amines) is 1. The zero-order valence-electron chi connectivity index (χ0n) is 7.63. The molecule has 0 bridgehead atoms. The Morgan fingerprint density at radius 2 is 2.31 bits per heavy atom. The minimum atomic E-state index is -0.801. The third-order valence-electron chi connectivity index (χ3n) is 2.80. The first-order chi connectivity index (χ1) is 6.27. The van der Waals surface area contributed by atoms with E-state index in [1.54, 1.807) is 4.90 Å². The van der Waals surface area contributed by atoms with Gasteiger partial charge in [-0.1, -0.05) is 0 Å². The smallest absolute Gasteiger partial charge is 0.239 e. The second kappa shape index (κ2) is 3.62. The lowest BCUT2D eigenvalue weighted by atomic mass is 10.2. The van der Waals surface area contributed by atoms with Crippen molar-refractivity contribution in [3.63, 3.8) is 0 Å². The van der Waals surface area contributed by atoms with Crippen molar-refractivity contribution in [2.75, 3.05) is 19.6 Å². The highest BCUT2D eigenvalue weighted by Crippen LogP contribution is 2.16. The van der Waals surface area contributed by atoms with E-state index in [2.05, 4.69) is 5.32 Å². The van der Waals surface area contributed by atoms with E-state index in [4.69, 9.17) is 0 Å². The topological polar surface area (TPSA) is 32.3 Å². The van der Waals surface area contributed by atoms with Crippen molar-refractivity contribution in [1.29, 1.82) is 0 Å². The van der Waals surface area contributed by atoms with Crippen LogP contribution in [-0.4, -0.2) is 42.7 Å². The van der Waals surface area contributed by atoms with Crippen LogP contribution in [0.3, 0.4) is 0 Å². The molecule has 2 aliphatic heterocycles. The normalized spacial score (nSPS) is 34.1. The number of amides is 1. The van der Waals surface area contributed by atoms with E-state index in [0.29, 0.717) is 19.5 Å². The van der Waals surface area contributed by atoms with Crippen molar-refractivity contribution in [2.24, 2.45) is 0 Å². The first kappa shape index (κ1) is 8.94. The molecular formula is C9H15FN2O. The van der Waals surface area contributed by atoms with Crippen LogP contribution in [0.15, 0.2) is 0 Å². The van der Waals surface area contributed by atoms with Gasteiger partial charge in [0.15, 0.2) is 0 Å². The summed E-state index contributed by atoms with van der Waals surface area (Å²) in [6.07, 6.45) is 1.68. The molecule has 4 heteroatoms. The van der Waals surface area contributed by atoms with Crippen LogP contribution in [0.5, 0.6) is 0 Å². The fourth-order valence-corrected chi connectivity index (χ4v) is 2.03. The largest absolute Gasteiger partial charge is 0.338 e. The van der Waals surface area contributed by atoms with Crippen LogP contribution in [0.25, 0.3) is 0 Å². The maximum absolute atomic E-state index is 12.8. The number of rotatable bonds is 1. The molecule has 0 aromatic heterocycles. The zero-order chi connectivity index (χ0) is 9.26. The summed E-state index contributed by atoms with van der Waals surface area (Å²) < 4.78 is 12.8. The summed E-state index contributed by atoms with van der Waals surface area (Å²) in [5.41, 5.74) is 0. The molecule has 74 valence electrons. The Balaban J connectivity index is 1.89. The third kappa shape index (κ3) is 1.82.